The first-order chi connectivity index (χ1) is 22.7. The van der Waals surface area contributed by atoms with Crippen molar-refractivity contribution in [3.63, 3.8) is 0 Å². The van der Waals surface area contributed by atoms with E-state index in [1.165, 1.54) is 81.8 Å². The van der Waals surface area contributed by atoms with E-state index in [1.807, 2.05) is 31.9 Å². The van der Waals surface area contributed by atoms with Crippen molar-refractivity contribution in [1.29, 1.82) is 0 Å². The average Bonchev–Trinajstić information content (AvgIpc) is 3.12. The molecule has 0 unspecified atom stereocenters. The lowest BCUT2D eigenvalue weighted by Crippen LogP contribution is -2.44. The molecule has 9 heteroatoms. The minimum atomic E-state index is -0.413. The van der Waals surface area contributed by atoms with Crippen LogP contribution in [0.1, 0.15) is 84.8 Å². The van der Waals surface area contributed by atoms with Gasteiger partial charge in [-0.2, -0.15) is 0 Å². The van der Waals surface area contributed by atoms with E-state index >= 15 is 0 Å². The Morgan fingerprint density at radius 3 is 1.68 bits per heavy atom. The van der Waals surface area contributed by atoms with Gasteiger partial charge in [0.2, 0.25) is 0 Å². The van der Waals surface area contributed by atoms with E-state index < -0.39 is 5.60 Å². The minimum absolute atomic E-state index is 0.156. The highest BCUT2D eigenvalue weighted by molar-refractivity contribution is 7.98. The number of piperidine rings is 4. The van der Waals surface area contributed by atoms with Crippen LogP contribution in [0.3, 0.4) is 0 Å². The lowest BCUT2D eigenvalue weighted by molar-refractivity contribution is 0.0152. The third-order valence-corrected chi connectivity index (χ3v) is 11.5. The Bertz CT molecular complexity index is 1210. The van der Waals surface area contributed by atoms with Gasteiger partial charge in [0.05, 0.1) is 28.8 Å². The second kappa shape index (κ2) is 17.2. The number of carbonyl (C=O) groups excluding carboxylic acids is 1. The van der Waals surface area contributed by atoms with Gasteiger partial charge in [0.1, 0.15) is 5.60 Å². The molecule has 4 aliphatic heterocycles. The van der Waals surface area contributed by atoms with Gasteiger partial charge in [-0.05, 0) is 146 Å². The number of thioether (sulfide) groups is 1. The molecular formula is C38H60N6O2S. The van der Waals surface area contributed by atoms with Gasteiger partial charge in [-0.3, -0.25) is 4.98 Å². The number of likely N-dealkylation sites (tertiary alicyclic amines) is 1. The van der Waals surface area contributed by atoms with Crippen molar-refractivity contribution in [2.45, 2.75) is 96.1 Å². The summed E-state index contributed by atoms with van der Waals surface area (Å²) in [6.45, 7) is 16.7. The largest absolute Gasteiger partial charge is 0.444 e. The molecule has 1 amide bonds. The van der Waals surface area contributed by atoms with Crippen LogP contribution in [0.2, 0.25) is 0 Å². The number of aromatic nitrogens is 2. The van der Waals surface area contributed by atoms with E-state index in [2.05, 4.69) is 68.7 Å². The van der Waals surface area contributed by atoms with Gasteiger partial charge in [0.25, 0.3) is 0 Å². The highest BCUT2D eigenvalue weighted by atomic mass is 32.2. The lowest BCUT2D eigenvalue weighted by Gasteiger charge is -2.41. The first-order valence-corrected chi connectivity index (χ1v) is 19.6. The lowest BCUT2D eigenvalue weighted by atomic mass is 9.79. The number of ether oxygens (including phenoxy) is 1. The molecule has 1 N–H and O–H groups in total. The maximum Gasteiger partial charge on any atom is 0.410 e. The van der Waals surface area contributed by atoms with Crippen LogP contribution in [0.4, 0.5) is 16.2 Å². The highest BCUT2D eigenvalue weighted by Crippen LogP contribution is 2.35. The summed E-state index contributed by atoms with van der Waals surface area (Å²) in [7, 11) is 0. The molecule has 0 radical (unpaired) electrons. The number of hydrogen-bond donors (Lipinski definition) is 1. The summed E-state index contributed by atoms with van der Waals surface area (Å²) < 4.78 is 5.51. The Labute approximate surface area is 288 Å². The molecule has 0 bridgehead atoms. The normalized spacial score (nSPS) is 20.9. The van der Waals surface area contributed by atoms with E-state index in [9.17, 15) is 4.79 Å². The van der Waals surface area contributed by atoms with Crippen LogP contribution in [0.15, 0.2) is 41.7 Å². The van der Waals surface area contributed by atoms with E-state index in [4.69, 9.17) is 4.74 Å². The van der Waals surface area contributed by atoms with Crippen LogP contribution in [0.5, 0.6) is 0 Å². The number of nitrogens with one attached hydrogen (secondary N) is 1. The van der Waals surface area contributed by atoms with Crippen LogP contribution in [0.25, 0.3) is 0 Å². The monoisotopic (exact) mass is 664 g/mol. The Morgan fingerprint density at radius 2 is 1.26 bits per heavy atom. The fourth-order valence-electron chi connectivity index (χ4n) is 7.95. The van der Waals surface area contributed by atoms with Crippen LogP contribution in [-0.2, 0) is 11.2 Å². The second-order valence-corrected chi connectivity index (χ2v) is 15.8. The summed E-state index contributed by atoms with van der Waals surface area (Å²) in [4.78, 5) is 28.1. The molecule has 4 saturated heterocycles. The molecule has 2 aromatic heterocycles. The molecule has 47 heavy (non-hydrogen) atoms. The fourth-order valence-corrected chi connectivity index (χ4v) is 8.31. The molecule has 260 valence electrons. The molecule has 0 aliphatic carbocycles. The summed E-state index contributed by atoms with van der Waals surface area (Å²) in [5.41, 5.74) is 3.33. The van der Waals surface area contributed by atoms with Gasteiger partial charge in [-0.1, -0.05) is 6.92 Å². The Kier molecular flexibility index (Phi) is 13.1. The molecular weight excluding hydrogens is 605 g/mol. The third kappa shape index (κ3) is 10.5. The molecule has 0 spiro atoms. The van der Waals surface area contributed by atoms with E-state index in [1.54, 1.807) is 11.8 Å². The zero-order valence-electron chi connectivity index (χ0n) is 29.8. The minimum Gasteiger partial charge on any atom is -0.444 e. The Morgan fingerprint density at radius 1 is 0.766 bits per heavy atom. The smallest absolute Gasteiger partial charge is 0.410 e. The maximum absolute atomic E-state index is 12.2. The van der Waals surface area contributed by atoms with Crippen molar-refractivity contribution < 1.29 is 9.53 Å². The first-order valence-electron chi connectivity index (χ1n) is 18.4. The number of aryl methyl sites for hydroxylation is 1. The summed E-state index contributed by atoms with van der Waals surface area (Å²) in [5, 5.41) is 4.55. The molecule has 4 fully saturated rings. The van der Waals surface area contributed by atoms with Crippen molar-refractivity contribution in [1.82, 2.24) is 20.2 Å². The number of carbonyl (C=O) groups is 1. The molecule has 0 atom stereocenters. The van der Waals surface area contributed by atoms with E-state index in [0.717, 1.165) is 74.1 Å². The van der Waals surface area contributed by atoms with Crippen molar-refractivity contribution in [3.8, 4) is 0 Å². The summed E-state index contributed by atoms with van der Waals surface area (Å²) in [5.74, 6) is 3.44. The third-order valence-electron chi connectivity index (χ3n) is 10.8. The fraction of sp³-hybridized carbons (Fsp3) is 0.711. The SMILES string of the molecule is CCc1ccc(N2CCC(C3CCNCC3)CC2)cn1.CSc1ccc(N2CCC(C3CCN(C(=O)OC(C)(C)C)CC3)CC2)cn1. The predicted octanol–water partition coefficient (Wildman–Crippen LogP) is 7.53. The predicted molar refractivity (Wildman–Crippen MR) is 196 cm³/mol. The average molecular weight is 665 g/mol. The van der Waals surface area contributed by atoms with Crippen molar-refractivity contribution in [3.05, 3.63) is 42.4 Å². The van der Waals surface area contributed by atoms with Gasteiger partial charge in [-0.15, -0.1) is 11.8 Å². The summed E-state index contributed by atoms with van der Waals surface area (Å²) >= 11 is 1.68. The van der Waals surface area contributed by atoms with Gasteiger partial charge in [0.15, 0.2) is 0 Å². The Hall–Kier alpha value is -2.52. The molecule has 8 nitrogen and oxygen atoms in total. The van der Waals surface area contributed by atoms with Crippen LogP contribution < -0.4 is 15.1 Å². The van der Waals surface area contributed by atoms with Gasteiger partial charge >= 0.3 is 6.09 Å². The molecule has 0 saturated carbocycles. The van der Waals surface area contributed by atoms with Crippen molar-refractivity contribution >= 4 is 29.2 Å². The molecule has 4 aliphatic rings. The number of hydrogen-bond acceptors (Lipinski definition) is 8. The van der Waals surface area contributed by atoms with Crippen molar-refractivity contribution in [2.75, 3.05) is 68.4 Å². The summed E-state index contributed by atoms with van der Waals surface area (Å²) in [6, 6.07) is 8.72. The van der Waals surface area contributed by atoms with Crippen molar-refractivity contribution in [2.24, 2.45) is 23.7 Å². The maximum atomic E-state index is 12.2. The van der Waals surface area contributed by atoms with E-state index in [-0.39, 0.29) is 6.09 Å². The van der Waals surface area contributed by atoms with Gasteiger partial charge in [-0.25, -0.2) is 9.78 Å². The molecule has 6 rings (SSSR count). The second-order valence-electron chi connectivity index (χ2n) is 15.0. The number of rotatable bonds is 6. The van der Waals surface area contributed by atoms with Crippen LogP contribution in [0, 0.1) is 23.7 Å². The number of anilines is 2. The number of amides is 1. The molecule has 6 heterocycles. The van der Waals surface area contributed by atoms with Gasteiger partial charge in [0, 0.05) is 45.0 Å². The van der Waals surface area contributed by atoms with Gasteiger partial charge < -0.3 is 24.8 Å². The molecule has 2 aromatic rings. The van der Waals surface area contributed by atoms with Crippen LogP contribution >= 0.6 is 11.8 Å². The summed E-state index contributed by atoms with van der Waals surface area (Å²) in [6.07, 6.45) is 17.2. The topological polar surface area (TPSA) is 73.8 Å². The number of nitrogens with zero attached hydrogens (tertiary/aromatic N) is 5. The Balaban J connectivity index is 0.000000193. The molecule has 0 aromatic carbocycles. The zero-order chi connectivity index (χ0) is 33.2. The standard InChI is InChI=1S/C21H33N3O2S.C17H27N3/c1-21(2,3)26-20(25)24-13-9-17(10-14-24)16-7-11-23(12-8-16)18-5-6-19(27-4)22-15-18;1-2-16-3-4-17(13-19-16)20-11-7-15(8-12-20)14-5-9-18-10-6-14/h5-6,15-17H,7-14H2,1-4H3;3-4,13-15,18H,2,5-12H2,1H3. The first kappa shape index (κ1) is 35.8. The zero-order valence-corrected chi connectivity index (χ0v) is 30.6. The van der Waals surface area contributed by atoms with E-state index in [0.29, 0.717) is 0 Å². The highest BCUT2D eigenvalue weighted by Gasteiger charge is 2.32. The quantitative estimate of drug-likeness (QED) is 0.318. The van der Waals surface area contributed by atoms with Crippen LogP contribution in [-0.4, -0.2) is 85.2 Å². The number of pyridine rings is 2.